The molecule has 0 spiro atoms. The summed E-state index contributed by atoms with van der Waals surface area (Å²) in [7, 11) is 0. The minimum atomic E-state index is 0.277. The molecule has 0 radical (unpaired) electrons. The maximum atomic E-state index is 9.22. The molecule has 2 N–H and O–H groups in total. The van der Waals surface area contributed by atoms with E-state index in [-0.39, 0.29) is 6.61 Å². The first kappa shape index (κ1) is 8.93. The van der Waals surface area contributed by atoms with Gasteiger partial charge in [0.05, 0.1) is 6.61 Å². The predicted molar refractivity (Wildman–Crippen MR) is 53.6 cm³/mol. The summed E-state index contributed by atoms with van der Waals surface area (Å²) in [6, 6.07) is 0. The van der Waals surface area contributed by atoms with Crippen LogP contribution in [0.3, 0.4) is 0 Å². The molecule has 0 aromatic carbocycles. The van der Waals surface area contributed by atoms with Crippen molar-refractivity contribution in [3.63, 3.8) is 0 Å². The number of hydrogen-bond acceptors (Lipinski definition) is 2. The third-order valence-electron chi connectivity index (χ3n) is 4.66. The van der Waals surface area contributed by atoms with Crippen LogP contribution in [0.15, 0.2) is 11.1 Å². The van der Waals surface area contributed by atoms with E-state index in [1.807, 2.05) is 0 Å². The molecule has 2 saturated carbocycles. The van der Waals surface area contributed by atoms with Crippen molar-refractivity contribution < 1.29 is 10.2 Å². The molecule has 78 valence electrons. The first-order valence-corrected chi connectivity index (χ1v) is 5.76. The van der Waals surface area contributed by atoms with E-state index in [1.165, 1.54) is 24.8 Å². The maximum absolute atomic E-state index is 9.22. The van der Waals surface area contributed by atoms with Gasteiger partial charge in [0.25, 0.3) is 0 Å². The highest BCUT2D eigenvalue weighted by atomic mass is 16.3. The SMILES string of the molecule is OCC1=C2CC(C1)C1CC(CO)CC21. The molecule has 14 heavy (non-hydrogen) atoms. The van der Waals surface area contributed by atoms with Gasteiger partial charge in [-0.15, -0.1) is 0 Å². The second-order valence-corrected chi connectivity index (χ2v) is 5.25. The summed E-state index contributed by atoms with van der Waals surface area (Å²) in [4.78, 5) is 0. The van der Waals surface area contributed by atoms with Gasteiger partial charge in [0.15, 0.2) is 0 Å². The smallest absolute Gasteiger partial charge is 0.0644 e. The van der Waals surface area contributed by atoms with Crippen LogP contribution in [0.25, 0.3) is 0 Å². The summed E-state index contributed by atoms with van der Waals surface area (Å²) in [6.45, 7) is 0.639. The summed E-state index contributed by atoms with van der Waals surface area (Å²) in [6.07, 6.45) is 4.80. The summed E-state index contributed by atoms with van der Waals surface area (Å²) in [5, 5.41) is 18.4. The molecule has 2 bridgehead atoms. The number of hydrogen-bond donors (Lipinski definition) is 2. The van der Waals surface area contributed by atoms with Crippen LogP contribution in [0.5, 0.6) is 0 Å². The lowest BCUT2D eigenvalue weighted by molar-refractivity contribution is 0.219. The van der Waals surface area contributed by atoms with Crippen molar-refractivity contribution in [3.05, 3.63) is 11.1 Å². The van der Waals surface area contributed by atoms with Gasteiger partial charge in [0.2, 0.25) is 0 Å². The second-order valence-electron chi connectivity index (χ2n) is 5.25. The van der Waals surface area contributed by atoms with Crippen LogP contribution in [0.4, 0.5) is 0 Å². The molecular weight excluding hydrogens is 176 g/mol. The zero-order chi connectivity index (χ0) is 9.71. The van der Waals surface area contributed by atoms with E-state index in [9.17, 15) is 10.2 Å². The fraction of sp³-hybridized carbons (Fsp3) is 0.833. The molecule has 0 amide bonds. The van der Waals surface area contributed by atoms with Crippen molar-refractivity contribution >= 4 is 0 Å². The van der Waals surface area contributed by atoms with Gasteiger partial charge >= 0.3 is 0 Å². The van der Waals surface area contributed by atoms with E-state index in [1.54, 1.807) is 5.57 Å². The number of aliphatic hydroxyl groups excluding tert-OH is 2. The topological polar surface area (TPSA) is 40.5 Å². The Labute approximate surface area is 84.6 Å². The van der Waals surface area contributed by atoms with Crippen LogP contribution in [-0.2, 0) is 0 Å². The molecule has 4 atom stereocenters. The third-order valence-corrected chi connectivity index (χ3v) is 4.66. The van der Waals surface area contributed by atoms with Gasteiger partial charge in [-0.1, -0.05) is 5.57 Å². The number of fused-ring (bicyclic) bond motifs is 5. The highest BCUT2D eigenvalue weighted by molar-refractivity contribution is 5.32. The largest absolute Gasteiger partial charge is 0.396 e. The van der Waals surface area contributed by atoms with Crippen molar-refractivity contribution in [2.45, 2.75) is 25.7 Å². The van der Waals surface area contributed by atoms with E-state index in [4.69, 9.17) is 0 Å². The molecule has 0 aromatic heterocycles. The Bertz CT molecular complexity index is 280. The molecule has 3 aliphatic rings. The first-order chi connectivity index (χ1) is 6.83. The van der Waals surface area contributed by atoms with E-state index in [2.05, 4.69) is 0 Å². The molecule has 4 unspecified atom stereocenters. The van der Waals surface area contributed by atoms with E-state index >= 15 is 0 Å². The lowest BCUT2D eigenvalue weighted by atomic mass is 9.83. The Hall–Kier alpha value is -0.340. The molecule has 0 heterocycles. The summed E-state index contributed by atoms with van der Waals surface area (Å²) in [5.41, 5.74) is 2.90. The standard InChI is InChI=1S/C12H18O2/c13-5-7-1-10-8-3-9(6-14)11(4-8)12(10)2-7/h7-8,10,12-14H,1-6H2. The van der Waals surface area contributed by atoms with Gasteiger partial charge < -0.3 is 10.2 Å². The van der Waals surface area contributed by atoms with Crippen molar-refractivity contribution in [1.29, 1.82) is 0 Å². The highest BCUT2D eigenvalue weighted by Crippen LogP contribution is 2.59. The summed E-state index contributed by atoms with van der Waals surface area (Å²) < 4.78 is 0. The average Bonchev–Trinajstić information content (AvgIpc) is 2.87. The monoisotopic (exact) mass is 194 g/mol. The van der Waals surface area contributed by atoms with Crippen molar-refractivity contribution in [2.24, 2.45) is 23.7 Å². The molecule has 0 aromatic rings. The summed E-state index contributed by atoms with van der Waals surface area (Å²) >= 11 is 0. The second kappa shape index (κ2) is 3.07. The third kappa shape index (κ3) is 1.04. The van der Waals surface area contributed by atoms with Crippen molar-refractivity contribution in [1.82, 2.24) is 0 Å². The Balaban J connectivity index is 1.86. The molecule has 0 aliphatic heterocycles. The molecule has 2 nitrogen and oxygen atoms in total. The van der Waals surface area contributed by atoms with Gasteiger partial charge in [-0.3, -0.25) is 0 Å². The lowest BCUT2D eigenvalue weighted by Crippen LogP contribution is -2.15. The Morgan fingerprint density at radius 2 is 2.00 bits per heavy atom. The lowest BCUT2D eigenvalue weighted by Gasteiger charge is -2.22. The zero-order valence-corrected chi connectivity index (χ0v) is 8.45. The number of allylic oxidation sites excluding steroid dienone is 1. The minimum absolute atomic E-state index is 0.277. The summed E-state index contributed by atoms with van der Waals surface area (Å²) in [5.74, 6) is 2.93. The van der Waals surface area contributed by atoms with Gasteiger partial charge in [-0.2, -0.15) is 0 Å². The molecule has 0 saturated heterocycles. The van der Waals surface area contributed by atoms with Gasteiger partial charge in [0, 0.05) is 6.61 Å². The molecule has 3 rings (SSSR count). The Kier molecular flexibility index (Phi) is 1.96. The fourth-order valence-electron chi connectivity index (χ4n) is 4.08. The normalized spacial score (nSPS) is 45.0. The molecule has 3 aliphatic carbocycles. The fourth-order valence-corrected chi connectivity index (χ4v) is 4.08. The van der Waals surface area contributed by atoms with Gasteiger partial charge in [0.1, 0.15) is 0 Å². The van der Waals surface area contributed by atoms with Gasteiger partial charge in [-0.25, -0.2) is 0 Å². The van der Waals surface area contributed by atoms with E-state index in [0.29, 0.717) is 12.5 Å². The average molecular weight is 194 g/mol. The van der Waals surface area contributed by atoms with Crippen LogP contribution in [-0.4, -0.2) is 23.4 Å². The molecular formula is C12H18O2. The van der Waals surface area contributed by atoms with E-state index in [0.717, 1.165) is 24.2 Å². The molecule has 2 fully saturated rings. The van der Waals surface area contributed by atoms with E-state index < -0.39 is 0 Å². The van der Waals surface area contributed by atoms with Gasteiger partial charge in [-0.05, 0) is 54.9 Å². The zero-order valence-electron chi connectivity index (χ0n) is 8.45. The van der Waals surface area contributed by atoms with Crippen LogP contribution in [0.1, 0.15) is 25.7 Å². The van der Waals surface area contributed by atoms with Crippen LogP contribution < -0.4 is 0 Å². The molecule has 2 heteroatoms. The maximum Gasteiger partial charge on any atom is 0.0644 e. The Morgan fingerprint density at radius 3 is 2.71 bits per heavy atom. The number of rotatable bonds is 2. The number of aliphatic hydroxyl groups is 2. The predicted octanol–water partition coefficient (Wildman–Crippen LogP) is 1.33. The van der Waals surface area contributed by atoms with Crippen LogP contribution in [0.2, 0.25) is 0 Å². The van der Waals surface area contributed by atoms with Crippen LogP contribution in [0, 0.1) is 23.7 Å². The van der Waals surface area contributed by atoms with Crippen molar-refractivity contribution in [2.75, 3.05) is 13.2 Å². The quantitative estimate of drug-likeness (QED) is 0.651. The highest BCUT2D eigenvalue weighted by Gasteiger charge is 2.49. The first-order valence-electron chi connectivity index (χ1n) is 5.76. The Morgan fingerprint density at radius 1 is 1.14 bits per heavy atom. The van der Waals surface area contributed by atoms with Crippen molar-refractivity contribution in [3.8, 4) is 0 Å². The van der Waals surface area contributed by atoms with Crippen LogP contribution >= 0.6 is 0 Å². The minimum Gasteiger partial charge on any atom is -0.396 e.